The Morgan fingerprint density at radius 2 is 1.86 bits per heavy atom. The fourth-order valence-electron chi connectivity index (χ4n) is 3.11. The van der Waals surface area contributed by atoms with Crippen molar-refractivity contribution in [3.05, 3.63) is 76.1 Å². The number of hydrogen-bond acceptors (Lipinski definition) is 3. The molecule has 1 N–H and O–H groups in total. The van der Waals surface area contributed by atoms with E-state index in [0.717, 1.165) is 34.6 Å². The third-order valence-electron chi connectivity index (χ3n) is 4.66. The van der Waals surface area contributed by atoms with Gasteiger partial charge in [0.05, 0.1) is 16.4 Å². The largest absolute Gasteiger partial charge is 0.479 e. The maximum absolute atomic E-state index is 12.3. The Bertz CT molecular complexity index is 996. The highest BCUT2D eigenvalue weighted by Crippen LogP contribution is 2.26. The van der Waals surface area contributed by atoms with E-state index in [1.807, 2.05) is 49.7 Å². The van der Waals surface area contributed by atoms with Crippen molar-refractivity contribution in [2.75, 3.05) is 6.54 Å². The fraction of sp³-hybridized carbons (Fsp3) is 0.304. The van der Waals surface area contributed by atoms with Crippen molar-refractivity contribution in [1.29, 1.82) is 0 Å². The first kappa shape index (κ1) is 20.9. The molecule has 152 valence electrons. The maximum atomic E-state index is 12.3. The Balaban J connectivity index is 1.51. The maximum Gasteiger partial charge on any atom is 0.260 e. The van der Waals surface area contributed by atoms with Crippen molar-refractivity contribution in [3.8, 4) is 11.4 Å². The van der Waals surface area contributed by atoms with E-state index in [1.165, 1.54) is 0 Å². The highest BCUT2D eigenvalue weighted by Gasteiger charge is 2.15. The number of ether oxygens (including phenoxy) is 1. The number of nitrogens with one attached hydrogen (secondary N) is 1. The number of carbonyl (C=O) groups is 1. The molecule has 1 heterocycles. The number of halogens is 1. The number of nitrogens with zero attached hydrogens (tertiary/aromatic N) is 2. The molecule has 3 rings (SSSR count). The van der Waals surface area contributed by atoms with Gasteiger partial charge in [0.2, 0.25) is 0 Å². The van der Waals surface area contributed by atoms with Crippen LogP contribution in [0.15, 0.2) is 48.5 Å². The first-order valence-electron chi connectivity index (χ1n) is 9.66. The van der Waals surface area contributed by atoms with Gasteiger partial charge in [-0.25, -0.2) is 4.68 Å². The summed E-state index contributed by atoms with van der Waals surface area (Å²) in [6.07, 6.45) is 0.115. The lowest BCUT2D eigenvalue weighted by molar-refractivity contribution is -0.127. The summed E-state index contributed by atoms with van der Waals surface area (Å²) in [5.41, 5.74) is 5.30. The molecular formula is C23H26ClN3O2. The van der Waals surface area contributed by atoms with Crippen molar-refractivity contribution in [1.82, 2.24) is 15.1 Å². The molecule has 3 aromatic rings. The number of aryl methyl sites for hydroxylation is 3. The van der Waals surface area contributed by atoms with E-state index in [1.54, 1.807) is 13.0 Å². The molecule has 6 heteroatoms. The second-order valence-electron chi connectivity index (χ2n) is 7.24. The lowest BCUT2D eigenvalue weighted by atomic mass is 10.1. The fourth-order valence-corrected chi connectivity index (χ4v) is 3.27. The third-order valence-corrected chi connectivity index (χ3v) is 4.98. The van der Waals surface area contributed by atoms with Gasteiger partial charge in [0.25, 0.3) is 5.91 Å². The summed E-state index contributed by atoms with van der Waals surface area (Å²) in [7, 11) is 0. The van der Waals surface area contributed by atoms with Crippen LogP contribution >= 0.6 is 11.6 Å². The van der Waals surface area contributed by atoms with E-state index in [0.29, 0.717) is 17.3 Å². The molecule has 0 aliphatic carbocycles. The zero-order valence-electron chi connectivity index (χ0n) is 17.2. The molecule has 0 fully saturated rings. The first-order valence-corrected chi connectivity index (χ1v) is 10.0. The predicted molar refractivity (Wildman–Crippen MR) is 116 cm³/mol. The average Bonchev–Trinajstić information content (AvgIpc) is 3.03. The lowest BCUT2D eigenvalue weighted by Gasteiger charge is -2.16. The molecule has 0 aliphatic rings. The van der Waals surface area contributed by atoms with Gasteiger partial charge >= 0.3 is 0 Å². The van der Waals surface area contributed by atoms with Crippen LogP contribution in [0.4, 0.5) is 0 Å². The SMILES string of the molecule is Cc1ccc(Cl)c(OC(C)C(=O)NCCc2ccc(-n3nc(C)cc3C)cc2)c1. The second-order valence-corrected chi connectivity index (χ2v) is 7.65. The second kappa shape index (κ2) is 9.14. The van der Waals surface area contributed by atoms with Gasteiger partial charge in [0, 0.05) is 12.2 Å². The van der Waals surface area contributed by atoms with Crippen LogP contribution in [-0.2, 0) is 11.2 Å². The van der Waals surface area contributed by atoms with Gasteiger partial charge in [-0.15, -0.1) is 0 Å². The average molecular weight is 412 g/mol. The van der Waals surface area contributed by atoms with Crippen molar-refractivity contribution < 1.29 is 9.53 Å². The van der Waals surface area contributed by atoms with E-state index >= 15 is 0 Å². The van der Waals surface area contributed by atoms with E-state index < -0.39 is 6.10 Å². The number of hydrogen-bond donors (Lipinski definition) is 1. The number of rotatable bonds is 7. The lowest BCUT2D eigenvalue weighted by Crippen LogP contribution is -2.37. The van der Waals surface area contributed by atoms with E-state index in [2.05, 4.69) is 28.6 Å². The smallest absolute Gasteiger partial charge is 0.260 e. The molecule has 0 bridgehead atoms. The van der Waals surface area contributed by atoms with Crippen molar-refractivity contribution >= 4 is 17.5 Å². The Kier molecular flexibility index (Phi) is 6.60. The van der Waals surface area contributed by atoms with Gasteiger partial charge in [0.15, 0.2) is 6.10 Å². The van der Waals surface area contributed by atoms with Gasteiger partial charge in [-0.2, -0.15) is 5.10 Å². The minimum absolute atomic E-state index is 0.165. The summed E-state index contributed by atoms with van der Waals surface area (Å²) in [5, 5.41) is 7.91. The summed E-state index contributed by atoms with van der Waals surface area (Å²) < 4.78 is 7.64. The predicted octanol–water partition coefficient (Wildman–Crippen LogP) is 4.58. The van der Waals surface area contributed by atoms with Crippen LogP contribution in [0.1, 0.15) is 29.4 Å². The van der Waals surface area contributed by atoms with Crippen LogP contribution in [-0.4, -0.2) is 28.3 Å². The molecule has 2 aromatic carbocycles. The Hall–Kier alpha value is -2.79. The standard InChI is InChI=1S/C23H26ClN3O2/c1-15-5-10-21(24)22(13-15)29-18(4)23(28)25-12-11-19-6-8-20(9-7-19)27-17(3)14-16(2)26-27/h5-10,13-14,18H,11-12H2,1-4H3,(H,25,28). The molecule has 0 aliphatic heterocycles. The van der Waals surface area contributed by atoms with Crippen LogP contribution in [0.25, 0.3) is 5.69 Å². The zero-order chi connectivity index (χ0) is 21.0. The van der Waals surface area contributed by atoms with Gasteiger partial charge in [-0.3, -0.25) is 4.79 Å². The normalized spacial score (nSPS) is 11.9. The van der Waals surface area contributed by atoms with Crippen molar-refractivity contribution in [2.45, 2.75) is 40.2 Å². The van der Waals surface area contributed by atoms with Crippen LogP contribution < -0.4 is 10.1 Å². The number of benzene rings is 2. The Morgan fingerprint density at radius 3 is 2.52 bits per heavy atom. The highest BCUT2D eigenvalue weighted by molar-refractivity contribution is 6.32. The van der Waals surface area contributed by atoms with Gasteiger partial charge in [-0.1, -0.05) is 29.8 Å². The molecule has 1 unspecified atom stereocenters. The number of carbonyl (C=O) groups excluding carboxylic acids is 1. The molecule has 29 heavy (non-hydrogen) atoms. The van der Waals surface area contributed by atoms with Crippen molar-refractivity contribution in [3.63, 3.8) is 0 Å². The van der Waals surface area contributed by atoms with Crippen molar-refractivity contribution in [2.24, 2.45) is 0 Å². The van der Waals surface area contributed by atoms with Gasteiger partial charge < -0.3 is 10.1 Å². The van der Waals surface area contributed by atoms with Crippen LogP contribution in [0.3, 0.4) is 0 Å². The van der Waals surface area contributed by atoms with Crippen LogP contribution in [0, 0.1) is 20.8 Å². The molecule has 0 saturated heterocycles. The quantitative estimate of drug-likeness (QED) is 0.619. The van der Waals surface area contributed by atoms with Gasteiger partial charge in [0.1, 0.15) is 5.75 Å². The van der Waals surface area contributed by atoms with E-state index in [-0.39, 0.29) is 5.91 Å². The number of aromatic nitrogens is 2. The molecule has 0 radical (unpaired) electrons. The monoisotopic (exact) mass is 411 g/mol. The zero-order valence-corrected chi connectivity index (χ0v) is 18.0. The minimum atomic E-state index is -0.622. The molecule has 0 saturated carbocycles. The molecule has 1 aromatic heterocycles. The molecule has 1 atom stereocenters. The van der Waals surface area contributed by atoms with Crippen LogP contribution in [0.2, 0.25) is 5.02 Å². The summed E-state index contributed by atoms with van der Waals surface area (Å²) in [6.45, 7) is 8.23. The number of amides is 1. The Morgan fingerprint density at radius 1 is 1.14 bits per heavy atom. The summed E-state index contributed by atoms with van der Waals surface area (Å²) in [4.78, 5) is 12.3. The molecule has 1 amide bonds. The van der Waals surface area contributed by atoms with Crippen LogP contribution in [0.5, 0.6) is 5.75 Å². The third kappa shape index (κ3) is 5.39. The van der Waals surface area contributed by atoms with E-state index in [9.17, 15) is 4.79 Å². The molecule has 0 spiro atoms. The highest BCUT2D eigenvalue weighted by atomic mass is 35.5. The summed E-state index contributed by atoms with van der Waals surface area (Å²) >= 11 is 6.13. The summed E-state index contributed by atoms with van der Waals surface area (Å²) in [6, 6.07) is 15.8. The molecule has 5 nitrogen and oxygen atoms in total. The molecular weight excluding hydrogens is 386 g/mol. The summed E-state index contributed by atoms with van der Waals surface area (Å²) in [5.74, 6) is 0.357. The topological polar surface area (TPSA) is 56.1 Å². The minimum Gasteiger partial charge on any atom is -0.479 e. The Labute approximate surface area is 176 Å². The van der Waals surface area contributed by atoms with Gasteiger partial charge in [-0.05, 0) is 75.6 Å². The first-order chi connectivity index (χ1) is 13.8. The van der Waals surface area contributed by atoms with E-state index in [4.69, 9.17) is 16.3 Å².